The number of anilines is 1. The van der Waals surface area contributed by atoms with Crippen molar-refractivity contribution in [3.05, 3.63) is 130 Å². The largest absolute Gasteiger partial charge is 1.00 e. The van der Waals surface area contributed by atoms with Gasteiger partial charge < -0.3 is 17.3 Å². The Morgan fingerprint density at radius 3 is 2.09 bits per heavy atom. The predicted molar refractivity (Wildman–Crippen MR) is 185 cm³/mol. The molecule has 2 aliphatic heterocycles. The highest BCUT2D eigenvalue weighted by Gasteiger charge is 2.44. The van der Waals surface area contributed by atoms with Gasteiger partial charge in [0, 0.05) is 46.6 Å². The van der Waals surface area contributed by atoms with Crippen LogP contribution in [0.4, 0.5) is 11.4 Å². The predicted octanol–water partition coefficient (Wildman–Crippen LogP) is 7.47. The van der Waals surface area contributed by atoms with Crippen molar-refractivity contribution in [3.63, 3.8) is 0 Å². The van der Waals surface area contributed by atoms with Crippen LogP contribution in [0.1, 0.15) is 58.1 Å². The highest BCUT2D eigenvalue weighted by molar-refractivity contribution is 6.32. The van der Waals surface area contributed by atoms with E-state index in [0.29, 0.717) is 0 Å². The molecule has 0 saturated heterocycles. The Morgan fingerprint density at radius 2 is 1.39 bits per heavy atom. The Hall–Kier alpha value is -3.59. The fourth-order valence-corrected chi connectivity index (χ4v) is 8.27. The highest BCUT2D eigenvalue weighted by atomic mass is 35.5. The summed E-state index contributed by atoms with van der Waals surface area (Å²) in [7, 11) is 4.38. The van der Waals surface area contributed by atoms with Crippen LogP contribution in [0, 0.1) is 0 Å². The van der Waals surface area contributed by atoms with Crippen LogP contribution in [-0.4, -0.2) is 24.4 Å². The molecule has 1 aliphatic carbocycles. The van der Waals surface area contributed by atoms with Crippen LogP contribution in [0.15, 0.2) is 119 Å². The Kier molecular flexibility index (Phi) is 7.67. The number of rotatable bonds is 3. The number of nitrogens with zero attached hydrogens (tertiary/aromatic N) is 2. The lowest BCUT2D eigenvalue weighted by molar-refractivity contribution is -0.401. The number of allylic oxidation sites excluding steroid dienone is 8. The molecule has 4 heteroatoms. The summed E-state index contributed by atoms with van der Waals surface area (Å²) in [6.45, 7) is 9.38. The standard InChI is InChI=1S/C40H40ClN2.ClH/c1-39(2)34(42(5)32-22-18-26-12-7-9-16-30(26)36(32)39)24-20-28-14-11-15-29(38(28)41)21-25-35-40(3,4)37-31-17-10-8-13-27(31)19-23-33(37)43(35)6;/h7-10,12-13,16-25H,11,14-15H2,1-6H3;1H/q+1;/p-1. The lowest BCUT2D eigenvalue weighted by Crippen LogP contribution is -3.00. The third-order valence-electron chi connectivity index (χ3n) is 10.1. The molecule has 0 atom stereocenters. The minimum absolute atomic E-state index is 0. The first-order chi connectivity index (χ1) is 20.6. The summed E-state index contributed by atoms with van der Waals surface area (Å²) in [5, 5.41) is 6.17. The highest BCUT2D eigenvalue weighted by Crippen LogP contribution is 2.50. The first-order valence-electron chi connectivity index (χ1n) is 15.5. The molecule has 0 aromatic heterocycles. The summed E-state index contributed by atoms with van der Waals surface area (Å²) in [5.41, 5.74) is 10.2. The van der Waals surface area contributed by atoms with Gasteiger partial charge in [-0.05, 0) is 89.6 Å². The van der Waals surface area contributed by atoms with Crippen molar-refractivity contribution in [1.82, 2.24) is 0 Å². The zero-order valence-electron chi connectivity index (χ0n) is 26.5. The van der Waals surface area contributed by atoms with Crippen LogP contribution in [0.3, 0.4) is 0 Å². The van der Waals surface area contributed by atoms with E-state index in [1.54, 1.807) is 0 Å². The van der Waals surface area contributed by atoms with Gasteiger partial charge in [-0.15, -0.1) is 0 Å². The van der Waals surface area contributed by atoms with Crippen molar-refractivity contribution < 1.29 is 17.0 Å². The second kappa shape index (κ2) is 11.1. The van der Waals surface area contributed by atoms with E-state index in [9.17, 15) is 0 Å². The summed E-state index contributed by atoms with van der Waals surface area (Å²) in [6, 6.07) is 26.5. The third kappa shape index (κ3) is 4.57. The first kappa shape index (κ1) is 30.4. The van der Waals surface area contributed by atoms with Crippen molar-refractivity contribution in [1.29, 1.82) is 0 Å². The molecule has 7 rings (SSSR count). The van der Waals surface area contributed by atoms with Gasteiger partial charge in [-0.3, -0.25) is 0 Å². The molecular weight excluding hydrogens is 579 g/mol. The summed E-state index contributed by atoms with van der Waals surface area (Å²) >= 11 is 7.16. The van der Waals surface area contributed by atoms with Gasteiger partial charge >= 0.3 is 0 Å². The van der Waals surface area contributed by atoms with Crippen molar-refractivity contribution in [2.45, 2.75) is 57.8 Å². The fourth-order valence-electron chi connectivity index (χ4n) is 7.95. The number of halogens is 2. The van der Waals surface area contributed by atoms with Gasteiger partial charge in [-0.2, -0.15) is 4.58 Å². The lowest BCUT2D eigenvalue weighted by Gasteiger charge is -2.25. The number of hydrogen-bond donors (Lipinski definition) is 0. The molecule has 0 N–H and O–H groups in total. The number of benzene rings is 4. The van der Waals surface area contributed by atoms with E-state index in [-0.39, 0.29) is 23.2 Å². The molecule has 4 aromatic carbocycles. The zero-order chi connectivity index (χ0) is 30.1. The third-order valence-corrected chi connectivity index (χ3v) is 10.6. The molecule has 0 fully saturated rings. The second-order valence-electron chi connectivity index (χ2n) is 13.4. The molecule has 0 saturated carbocycles. The second-order valence-corrected chi connectivity index (χ2v) is 13.8. The van der Waals surface area contributed by atoms with Gasteiger partial charge in [0.2, 0.25) is 5.69 Å². The molecule has 44 heavy (non-hydrogen) atoms. The zero-order valence-corrected chi connectivity index (χ0v) is 28.0. The van der Waals surface area contributed by atoms with E-state index in [1.165, 1.54) is 66.6 Å². The van der Waals surface area contributed by atoms with Crippen molar-refractivity contribution in [3.8, 4) is 0 Å². The minimum Gasteiger partial charge on any atom is -1.00 e. The molecule has 0 bridgehead atoms. The summed E-state index contributed by atoms with van der Waals surface area (Å²) in [4.78, 5) is 2.36. The van der Waals surface area contributed by atoms with E-state index in [0.717, 1.165) is 24.3 Å². The smallest absolute Gasteiger partial charge is 0.210 e. The van der Waals surface area contributed by atoms with Gasteiger partial charge in [-0.1, -0.05) is 92.2 Å². The molecule has 3 aliphatic rings. The molecule has 2 heterocycles. The van der Waals surface area contributed by atoms with Crippen molar-refractivity contribution in [2.24, 2.45) is 0 Å². The van der Waals surface area contributed by atoms with E-state index in [1.807, 2.05) is 0 Å². The molecule has 2 nitrogen and oxygen atoms in total. The molecule has 0 unspecified atom stereocenters. The Balaban J connectivity index is 0.00000343. The Bertz CT molecular complexity index is 1980. The maximum absolute atomic E-state index is 7.16. The number of hydrogen-bond acceptors (Lipinski definition) is 1. The lowest BCUT2D eigenvalue weighted by atomic mass is 9.79. The topological polar surface area (TPSA) is 6.25 Å². The van der Waals surface area contributed by atoms with Gasteiger partial charge in [-0.25, -0.2) is 0 Å². The molecule has 0 spiro atoms. The molecule has 4 aromatic rings. The summed E-state index contributed by atoms with van der Waals surface area (Å²) in [6.07, 6.45) is 12.3. The van der Waals surface area contributed by atoms with Crippen LogP contribution in [0.5, 0.6) is 0 Å². The van der Waals surface area contributed by atoms with Gasteiger partial charge in [0.1, 0.15) is 7.05 Å². The molecule has 224 valence electrons. The van der Waals surface area contributed by atoms with Crippen molar-refractivity contribution >= 4 is 50.2 Å². The maximum Gasteiger partial charge on any atom is 0.210 e. The average molecular weight is 620 g/mol. The summed E-state index contributed by atoms with van der Waals surface area (Å²) < 4.78 is 2.36. The maximum atomic E-state index is 7.16. The van der Waals surface area contributed by atoms with Crippen molar-refractivity contribution in [2.75, 3.05) is 19.0 Å². The van der Waals surface area contributed by atoms with Gasteiger partial charge in [0.25, 0.3) is 0 Å². The Morgan fingerprint density at radius 1 is 0.750 bits per heavy atom. The minimum atomic E-state index is -0.107. The number of fused-ring (bicyclic) bond motifs is 6. The van der Waals surface area contributed by atoms with Crippen LogP contribution >= 0.6 is 11.6 Å². The number of likely N-dealkylation sites (N-methyl/N-ethyl adjacent to an activating group) is 1. The van der Waals surface area contributed by atoms with E-state index < -0.39 is 0 Å². The van der Waals surface area contributed by atoms with E-state index in [2.05, 4.69) is 148 Å². The van der Waals surface area contributed by atoms with Gasteiger partial charge in [0.15, 0.2) is 5.71 Å². The van der Waals surface area contributed by atoms with Crippen LogP contribution < -0.4 is 17.3 Å². The Labute approximate surface area is 273 Å². The SMILES string of the molecule is CN1C(=CC=C2CCCC(C=CC3=[N+](C)c4ccc5ccccc5c4C3(C)C)=C2Cl)C(C)(C)c2c1ccc1ccccc21.[Cl-]. The monoisotopic (exact) mass is 618 g/mol. The quantitative estimate of drug-likeness (QED) is 0.216. The first-order valence-corrected chi connectivity index (χ1v) is 15.9. The van der Waals surface area contributed by atoms with E-state index >= 15 is 0 Å². The van der Waals surface area contributed by atoms with Crippen LogP contribution in [-0.2, 0) is 10.8 Å². The molecule has 0 radical (unpaired) electrons. The molecule has 0 amide bonds. The van der Waals surface area contributed by atoms with Gasteiger partial charge in [0.05, 0.1) is 5.41 Å². The van der Waals surface area contributed by atoms with E-state index in [4.69, 9.17) is 11.6 Å². The van der Waals surface area contributed by atoms with Crippen LogP contribution in [0.25, 0.3) is 21.5 Å². The van der Waals surface area contributed by atoms with Crippen LogP contribution in [0.2, 0.25) is 0 Å². The fraction of sp³-hybridized carbons (Fsp3) is 0.275. The average Bonchev–Trinajstić information content (AvgIpc) is 3.33. The summed E-state index contributed by atoms with van der Waals surface area (Å²) in [5.74, 6) is 0. The normalized spacial score (nSPS) is 20.8. The molecular formula is C40H40Cl2N2.